The summed E-state index contributed by atoms with van der Waals surface area (Å²) in [6.45, 7) is 3.59. The van der Waals surface area contributed by atoms with Gasteiger partial charge < -0.3 is 20.0 Å². The zero-order valence-corrected chi connectivity index (χ0v) is 23.6. The maximum Gasteiger partial charge on any atom is 0.258 e. The zero-order chi connectivity index (χ0) is 28.9. The van der Waals surface area contributed by atoms with Gasteiger partial charge in [-0.05, 0) is 74.6 Å². The fourth-order valence-corrected chi connectivity index (χ4v) is 4.99. The van der Waals surface area contributed by atoms with Crippen molar-refractivity contribution in [3.8, 4) is 11.1 Å². The standard InChI is InChI=1S/C34H34N4O3/c1-24-12-14-25(15-13-24)28-8-4-5-9-29(28)33(40)35-27-18-16-26(17-19-27)34(41)38-21-20-32(39)37(23-22-36(2)3)30-10-6-7-11-31(30)38/h4-19H,20-23H2,1-3H3,(H,35,40). The number of benzene rings is 4. The highest BCUT2D eigenvalue weighted by atomic mass is 16.2. The van der Waals surface area contributed by atoms with Gasteiger partial charge in [-0.3, -0.25) is 14.4 Å². The van der Waals surface area contributed by atoms with Gasteiger partial charge >= 0.3 is 0 Å². The number of carbonyl (C=O) groups excluding carboxylic acids is 3. The van der Waals surface area contributed by atoms with Gasteiger partial charge in [0, 0.05) is 42.9 Å². The average molecular weight is 547 g/mol. The number of amides is 3. The highest BCUT2D eigenvalue weighted by molar-refractivity contribution is 6.12. The Morgan fingerprint density at radius 3 is 2.20 bits per heavy atom. The summed E-state index contributed by atoms with van der Waals surface area (Å²) in [5.41, 5.74) is 6.07. The molecule has 208 valence electrons. The van der Waals surface area contributed by atoms with E-state index in [1.807, 2.05) is 98.7 Å². The molecule has 4 aromatic carbocycles. The number of carbonyl (C=O) groups is 3. The van der Waals surface area contributed by atoms with Crippen LogP contribution in [0.5, 0.6) is 0 Å². The van der Waals surface area contributed by atoms with E-state index < -0.39 is 0 Å². The second-order valence-corrected chi connectivity index (χ2v) is 10.5. The van der Waals surface area contributed by atoms with E-state index >= 15 is 0 Å². The maximum atomic E-state index is 13.7. The van der Waals surface area contributed by atoms with E-state index in [9.17, 15) is 14.4 Å². The van der Waals surface area contributed by atoms with Crippen LogP contribution in [0.2, 0.25) is 0 Å². The quantitative estimate of drug-likeness (QED) is 0.315. The van der Waals surface area contributed by atoms with Gasteiger partial charge in [-0.15, -0.1) is 0 Å². The molecule has 1 heterocycles. The Kier molecular flexibility index (Phi) is 8.26. The van der Waals surface area contributed by atoms with Crippen molar-refractivity contribution in [3.05, 3.63) is 114 Å². The molecular weight excluding hydrogens is 512 g/mol. The van der Waals surface area contributed by atoms with Gasteiger partial charge in [-0.1, -0.05) is 60.2 Å². The molecule has 0 saturated carbocycles. The second kappa shape index (κ2) is 12.2. The predicted octanol–water partition coefficient (Wildman–Crippen LogP) is 5.86. The molecule has 0 unspecified atom stereocenters. The third kappa shape index (κ3) is 6.21. The van der Waals surface area contributed by atoms with Crippen LogP contribution in [0.15, 0.2) is 97.1 Å². The first-order valence-corrected chi connectivity index (χ1v) is 13.8. The van der Waals surface area contributed by atoms with Crippen molar-refractivity contribution in [3.63, 3.8) is 0 Å². The summed E-state index contributed by atoms with van der Waals surface area (Å²) in [6.07, 6.45) is 0.238. The number of anilines is 3. The van der Waals surface area contributed by atoms with E-state index in [2.05, 4.69) is 5.32 Å². The van der Waals surface area contributed by atoms with Crippen molar-refractivity contribution in [2.24, 2.45) is 0 Å². The van der Waals surface area contributed by atoms with Crippen LogP contribution in [0.4, 0.5) is 17.1 Å². The fraction of sp³-hybridized carbons (Fsp3) is 0.206. The summed E-state index contributed by atoms with van der Waals surface area (Å²) in [5.74, 6) is -0.418. The molecule has 4 aromatic rings. The minimum absolute atomic E-state index is 0.00132. The van der Waals surface area contributed by atoms with Crippen molar-refractivity contribution in [1.82, 2.24) is 4.90 Å². The largest absolute Gasteiger partial charge is 0.322 e. The van der Waals surface area contributed by atoms with Crippen LogP contribution >= 0.6 is 0 Å². The number of nitrogens with one attached hydrogen (secondary N) is 1. The number of para-hydroxylation sites is 2. The van der Waals surface area contributed by atoms with Crippen molar-refractivity contribution >= 4 is 34.8 Å². The van der Waals surface area contributed by atoms with E-state index in [0.29, 0.717) is 35.6 Å². The molecule has 1 N–H and O–H groups in total. The monoisotopic (exact) mass is 546 g/mol. The van der Waals surface area contributed by atoms with Gasteiger partial charge in [0.05, 0.1) is 11.4 Å². The van der Waals surface area contributed by atoms with Crippen molar-refractivity contribution in [2.45, 2.75) is 13.3 Å². The Balaban J connectivity index is 1.34. The molecule has 0 bridgehead atoms. The molecule has 1 aliphatic heterocycles. The molecule has 7 heteroatoms. The highest BCUT2D eigenvalue weighted by Crippen LogP contribution is 2.34. The molecule has 0 spiro atoms. The molecule has 1 aliphatic rings. The SMILES string of the molecule is Cc1ccc(-c2ccccc2C(=O)Nc2ccc(C(=O)N3CCC(=O)N(CCN(C)C)c4ccccc43)cc2)cc1. The second-order valence-electron chi connectivity index (χ2n) is 10.5. The van der Waals surface area contributed by atoms with Crippen molar-refractivity contribution in [2.75, 3.05) is 48.8 Å². The van der Waals surface area contributed by atoms with Gasteiger partial charge in [0.15, 0.2) is 0 Å². The third-order valence-corrected chi connectivity index (χ3v) is 7.25. The van der Waals surface area contributed by atoms with Gasteiger partial charge in [0.2, 0.25) is 5.91 Å². The first-order chi connectivity index (χ1) is 19.8. The first-order valence-electron chi connectivity index (χ1n) is 13.8. The highest BCUT2D eigenvalue weighted by Gasteiger charge is 2.29. The number of likely N-dealkylation sites (N-methyl/N-ethyl adjacent to an activating group) is 1. The number of nitrogens with zero attached hydrogens (tertiary/aromatic N) is 3. The summed E-state index contributed by atoms with van der Waals surface area (Å²) in [7, 11) is 3.94. The summed E-state index contributed by atoms with van der Waals surface area (Å²) in [4.78, 5) is 45.4. The lowest BCUT2D eigenvalue weighted by Gasteiger charge is -2.26. The van der Waals surface area contributed by atoms with E-state index in [-0.39, 0.29) is 24.1 Å². The molecule has 0 radical (unpaired) electrons. The Hall–Kier alpha value is -4.75. The van der Waals surface area contributed by atoms with Gasteiger partial charge in [-0.2, -0.15) is 0 Å². The molecule has 7 nitrogen and oxygen atoms in total. The molecule has 3 amide bonds. The van der Waals surface area contributed by atoms with Crippen LogP contribution in [-0.4, -0.2) is 56.4 Å². The third-order valence-electron chi connectivity index (χ3n) is 7.25. The lowest BCUT2D eigenvalue weighted by atomic mass is 9.98. The summed E-state index contributed by atoms with van der Waals surface area (Å²) in [5, 5.41) is 2.97. The van der Waals surface area contributed by atoms with Crippen molar-refractivity contribution < 1.29 is 14.4 Å². The van der Waals surface area contributed by atoms with E-state index in [4.69, 9.17) is 0 Å². The Morgan fingerprint density at radius 1 is 0.829 bits per heavy atom. The lowest BCUT2D eigenvalue weighted by molar-refractivity contribution is -0.118. The van der Waals surface area contributed by atoms with Crippen LogP contribution in [-0.2, 0) is 4.79 Å². The fourth-order valence-electron chi connectivity index (χ4n) is 4.99. The topological polar surface area (TPSA) is 73.0 Å². The summed E-state index contributed by atoms with van der Waals surface area (Å²) in [6, 6.07) is 30.0. The molecule has 0 fully saturated rings. The molecule has 41 heavy (non-hydrogen) atoms. The lowest BCUT2D eigenvalue weighted by Crippen LogP contribution is -2.36. The smallest absolute Gasteiger partial charge is 0.258 e. The van der Waals surface area contributed by atoms with Crippen LogP contribution < -0.4 is 15.1 Å². The predicted molar refractivity (Wildman–Crippen MR) is 165 cm³/mol. The molecule has 5 rings (SSSR count). The number of rotatable bonds is 7. The number of hydrogen-bond donors (Lipinski definition) is 1. The van der Waals surface area contributed by atoms with Crippen molar-refractivity contribution in [1.29, 1.82) is 0 Å². The molecule has 0 aromatic heterocycles. The van der Waals surface area contributed by atoms with Crippen LogP contribution in [0.1, 0.15) is 32.7 Å². The Labute approximate surface area is 241 Å². The number of aryl methyl sites for hydroxylation is 1. The molecule has 0 aliphatic carbocycles. The Bertz CT molecular complexity index is 1560. The minimum atomic E-state index is -0.224. The van der Waals surface area contributed by atoms with Gasteiger partial charge in [-0.25, -0.2) is 0 Å². The zero-order valence-electron chi connectivity index (χ0n) is 23.6. The minimum Gasteiger partial charge on any atom is -0.322 e. The summed E-state index contributed by atoms with van der Waals surface area (Å²) >= 11 is 0. The van der Waals surface area contributed by atoms with Crippen LogP contribution in [0.25, 0.3) is 11.1 Å². The first kappa shape index (κ1) is 27.8. The molecule has 0 saturated heterocycles. The van der Waals surface area contributed by atoms with Crippen LogP contribution in [0, 0.1) is 6.92 Å². The van der Waals surface area contributed by atoms with Gasteiger partial charge in [0.1, 0.15) is 0 Å². The Morgan fingerprint density at radius 2 is 1.49 bits per heavy atom. The normalized spacial score (nSPS) is 13.1. The summed E-state index contributed by atoms with van der Waals surface area (Å²) < 4.78 is 0. The molecule has 0 atom stereocenters. The van der Waals surface area contributed by atoms with E-state index in [1.165, 1.54) is 0 Å². The van der Waals surface area contributed by atoms with E-state index in [1.54, 1.807) is 34.1 Å². The van der Waals surface area contributed by atoms with Gasteiger partial charge in [0.25, 0.3) is 11.8 Å². The number of hydrogen-bond acceptors (Lipinski definition) is 4. The number of fused-ring (bicyclic) bond motifs is 1. The average Bonchev–Trinajstić information content (AvgIpc) is 3.12. The maximum absolute atomic E-state index is 13.7. The van der Waals surface area contributed by atoms with Crippen LogP contribution in [0.3, 0.4) is 0 Å². The van der Waals surface area contributed by atoms with E-state index in [0.717, 1.165) is 28.9 Å². The molecular formula is C34H34N4O3.